The van der Waals surface area contributed by atoms with Gasteiger partial charge in [0.05, 0.1) is 11.6 Å². The van der Waals surface area contributed by atoms with Crippen LogP contribution in [0.15, 0.2) is 42.5 Å². The molecule has 0 N–H and O–H groups in total. The van der Waals surface area contributed by atoms with E-state index in [4.69, 9.17) is 16.3 Å². The third-order valence-electron chi connectivity index (χ3n) is 3.37. The van der Waals surface area contributed by atoms with Crippen molar-refractivity contribution in [1.29, 1.82) is 0 Å². The lowest BCUT2D eigenvalue weighted by Crippen LogP contribution is -2.26. The van der Waals surface area contributed by atoms with E-state index in [-0.39, 0.29) is 5.91 Å². The normalized spacial score (nSPS) is 10.4. The molecule has 116 valence electrons. The summed E-state index contributed by atoms with van der Waals surface area (Å²) >= 11 is 6.14. The molecular formula is C18H20ClNO2. The Balaban J connectivity index is 2.10. The molecule has 3 nitrogen and oxygen atoms in total. The molecule has 0 radical (unpaired) electrons. The van der Waals surface area contributed by atoms with E-state index in [1.54, 1.807) is 30.1 Å². The van der Waals surface area contributed by atoms with Gasteiger partial charge in [0, 0.05) is 19.2 Å². The summed E-state index contributed by atoms with van der Waals surface area (Å²) in [5.74, 6) is 0.535. The van der Waals surface area contributed by atoms with Crippen LogP contribution in [0.3, 0.4) is 0 Å². The maximum atomic E-state index is 12.5. The third kappa shape index (κ3) is 4.01. The van der Waals surface area contributed by atoms with Gasteiger partial charge in [-0.3, -0.25) is 4.79 Å². The molecule has 0 aliphatic carbocycles. The lowest BCUT2D eigenvalue weighted by molar-refractivity contribution is 0.0785. The largest absolute Gasteiger partial charge is 0.492 e. The minimum absolute atomic E-state index is 0.0643. The summed E-state index contributed by atoms with van der Waals surface area (Å²) in [5, 5.41) is 0.455. The number of amides is 1. The molecule has 2 aromatic carbocycles. The van der Waals surface area contributed by atoms with Gasteiger partial charge in [-0.25, -0.2) is 0 Å². The van der Waals surface area contributed by atoms with Crippen molar-refractivity contribution in [2.45, 2.75) is 20.4 Å². The first-order chi connectivity index (χ1) is 10.5. The monoisotopic (exact) mass is 317 g/mol. The summed E-state index contributed by atoms with van der Waals surface area (Å²) in [6, 6.07) is 13.3. The van der Waals surface area contributed by atoms with Crippen LogP contribution < -0.4 is 4.74 Å². The molecule has 0 fully saturated rings. The Morgan fingerprint density at radius 3 is 2.45 bits per heavy atom. The van der Waals surface area contributed by atoms with Gasteiger partial charge in [0.15, 0.2) is 0 Å². The minimum atomic E-state index is -0.0643. The summed E-state index contributed by atoms with van der Waals surface area (Å²) in [7, 11) is 1.78. The minimum Gasteiger partial charge on any atom is -0.492 e. The second-order valence-electron chi connectivity index (χ2n) is 5.23. The highest BCUT2D eigenvalue weighted by atomic mass is 35.5. The Hall–Kier alpha value is -2.00. The standard InChI is InChI=1S/C18H20ClNO2/c1-4-22-17-10-9-15(11-16(17)19)18(21)20(3)12-14-7-5-13(2)6-8-14/h5-11H,4,12H2,1-3H3. The molecule has 2 aromatic rings. The topological polar surface area (TPSA) is 29.5 Å². The van der Waals surface area contributed by atoms with Crippen LogP contribution >= 0.6 is 11.6 Å². The van der Waals surface area contributed by atoms with Gasteiger partial charge in [0.25, 0.3) is 5.91 Å². The van der Waals surface area contributed by atoms with Crippen LogP contribution in [0.2, 0.25) is 5.02 Å². The summed E-state index contributed by atoms with van der Waals surface area (Å²) in [6.45, 7) is 5.04. The van der Waals surface area contributed by atoms with E-state index < -0.39 is 0 Å². The second-order valence-corrected chi connectivity index (χ2v) is 5.63. The molecule has 0 spiro atoms. The molecule has 0 bridgehead atoms. The molecule has 0 unspecified atom stereocenters. The van der Waals surface area contributed by atoms with E-state index in [2.05, 4.69) is 0 Å². The quantitative estimate of drug-likeness (QED) is 0.822. The number of carbonyl (C=O) groups excluding carboxylic acids is 1. The highest BCUT2D eigenvalue weighted by molar-refractivity contribution is 6.32. The predicted molar refractivity (Wildman–Crippen MR) is 89.6 cm³/mol. The number of hydrogen-bond donors (Lipinski definition) is 0. The Bertz CT molecular complexity index is 653. The van der Waals surface area contributed by atoms with Crippen molar-refractivity contribution in [3.05, 3.63) is 64.2 Å². The van der Waals surface area contributed by atoms with Gasteiger partial charge in [0.1, 0.15) is 5.75 Å². The Labute approximate surface area is 136 Å². The molecule has 1 amide bonds. The van der Waals surface area contributed by atoms with Crippen LogP contribution in [-0.4, -0.2) is 24.5 Å². The molecule has 0 atom stereocenters. The van der Waals surface area contributed by atoms with Crippen LogP contribution in [-0.2, 0) is 6.54 Å². The Morgan fingerprint density at radius 2 is 1.86 bits per heavy atom. The number of carbonyl (C=O) groups is 1. The molecule has 0 saturated heterocycles. The fraction of sp³-hybridized carbons (Fsp3) is 0.278. The number of ether oxygens (including phenoxy) is 1. The van der Waals surface area contributed by atoms with Crippen LogP contribution in [0.5, 0.6) is 5.75 Å². The van der Waals surface area contributed by atoms with Crippen LogP contribution in [0.1, 0.15) is 28.4 Å². The Kier molecular flexibility index (Phi) is 5.45. The van der Waals surface area contributed by atoms with Gasteiger partial charge in [0.2, 0.25) is 0 Å². The van der Waals surface area contributed by atoms with Gasteiger partial charge in [-0.05, 0) is 37.6 Å². The smallest absolute Gasteiger partial charge is 0.253 e. The number of rotatable bonds is 5. The van der Waals surface area contributed by atoms with Crippen molar-refractivity contribution >= 4 is 17.5 Å². The number of nitrogens with zero attached hydrogens (tertiary/aromatic N) is 1. The maximum absolute atomic E-state index is 12.5. The summed E-state index contributed by atoms with van der Waals surface area (Å²) in [6.07, 6.45) is 0. The molecule has 0 saturated carbocycles. The summed E-state index contributed by atoms with van der Waals surface area (Å²) in [5.41, 5.74) is 2.86. The van der Waals surface area contributed by atoms with Crippen LogP contribution in [0, 0.1) is 6.92 Å². The van der Waals surface area contributed by atoms with Crippen molar-refractivity contribution in [3.8, 4) is 5.75 Å². The van der Waals surface area contributed by atoms with Crippen molar-refractivity contribution in [1.82, 2.24) is 4.90 Å². The lowest BCUT2D eigenvalue weighted by Gasteiger charge is -2.18. The molecule has 2 rings (SSSR count). The molecule has 22 heavy (non-hydrogen) atoms. The molecule has 0 heterocycles. The summed E-state index contributed by atoms with van der Waals surface area (Å²) in [4.78, 5) is 14.1. The highest BCUT2D eigenvalue weighted by Gasteiger charge is 2.14. The first kappa shape index (κ1) is 16.4. The molecule has 0 aliphatic heterocycles. The van der Waals surface area contributed by atoms with E-state index in [0.29, 0.717) is 29.5 Å². The first-order valence-electron chi connectivity index (χ1n) is 7.24. The van der Waals surface area contributed by atoms with Crippen molar-refractivity contribution < 1.29 is 9.53 Å². The molecule has 4 heteroatoms. The van der Waals surface area contributed by atoms with Crippen LogP contribution in [0.25, 0.3) is 0 Å². The van der Waals surface area contributed by atoms with E-state index in [1.165, 1.54) is 5.56 Å². The van der Waals surface area contributed by atoms with Gasteiger partial charge >= 0.3 is 0 Å². The predicted octanol–water partition coefficient (Wildman–Crippen LogP) is 4.32. The number of aryl methyl sites for hydroxylation is 1. The van der Waals surface area contributed by atoms with Crippen molar-refractivity contribution in [2.24, 2.45) is 0 Å². The fourth-order valence-electron chi connectivity index (χ4n) is 2.17. The highest BCUT2D eigenvalue weighted by Crippen LogP contribution is 2.26. The van der Waals surface area contributed by atoms with E-state index in [9.17, 15) is 4.79 Å². The average molecular weight is 318 g/mol. The number of benzene rings is 2. The second kappa shape index (κ2) is 7.32. The van der Waals surface area contributed by atoms with Crippen molar-refractivity contribution in [2.75, 3.05) is 13.7 Å². The number of halogens is 1. The number of hydrogen-bond acceptors (Lipinski definition) is 2. The molecule has 0 aromatic heterocycles. The third-order valence-corrected chi connectivity index (χ3v) is 3.66. The zero-order valence-electron chi connectivity index (χ0n) is 13.1. The van der Waals surface area contributed by atoms with E-state index in [1.807, 2.05) is 38.1 Å². The molecule has 0 aliphatic rings. The van der Waals surface area contributed by atoms with Crippen molar-refractivity contribution in [3.63, 3.8) is 0 Å². The lowest BCUT2D eigenvalue weighted by atomic mass is 10.1. The fourth-order valence-corrected chi connectivity index (χ4v) is 2.40. The van der Waals surface area contributed by atoms with Gasteiger partial charge in [-0.1, -0.05) is 41.4 Å². The van der Waals surface area contributed by atoms with Gasteiger partial charge < -0.3 is 9.64 Å². The average Bonchev–Trinajstić information content (AvgIpc) is 2.51. The van der Waals surface area contributed by atoms with Crippen LogP contribution in [0.4, 0.5) is 0 Å². The van der Waals surface area contributed by atoms with Gasteiger partial charge in [-0.15, -0.1) is 0 Å². The maximum Gasteiger partial charge on any atom is 0.253 e. The van der Waals surface area contributed by atoms with Gasteiger partial charge in [-0.2, -0.15) is 0 Å². The zero-order chi connectivity index (χ0) is 16.1. The zero-order valence-corrected chi connectivity index (χ0v) is 13.9. The van der Waals surface area contributed by atoms with E-state index >= 15 is 0 Å². The first-order valence-corrected chi connectivity index (χ1v) is 7.62. The molecular weight excluding hydrogens is 298 g/mol. The summed E-state index contributed by atoms with van der Waals surface area (Å²) < 4.78 is 5.38. The SMILES string of the molecule is CCOc1ccc(C(=O)N(C)Cc2ccc(C)cc2)cc1Cl. The Morgan fingerprint density at radius 1 is 1.18 bits per heavy atom. The van der Waals surface area contributed by atoms with E-state index in [0.717, 1.165) is 5.56 Å².